The number of thioether (sulfide) groups is 1. The largest absolute Gasteiger partial charge is 0.417 e. The number of rotatable bonds is 5. The van der Waals surface area contributed by atoms with Gasteiger partial charge in [-0.2, -0.15) is 13.2 Å². The van der Waals surface area contributed by atoms with E-state index in [1.54, 1.807) is 6.92 Å². The SMILES string of the molecule is CC(CO)CSc1ccc(C=O)c(C(F)(F)F)c1. The van der Waals surface area contributed by atoms with Crippen LogP contribution in [-0.2, 0) is 6.18 Å². The van der Waals surface area contributed by atoms with Gasteiger partial charge in [-0.15, -0.1) is 11.8 Å². The van der Waals surface area contributed by atoms with E-state index in [-0.39, 0.29) is 24.4 Å². The number of hydrogen-bond acceptors (Lipinski definition) is 3. The van der Waals surface area contributed by atoms with Crippen molar-refractivity contribution in [2.45, 2.75) is 18.0 Å². The Labute approximate surface area is 107 Å². The first-order valence-electron chi connectivity index (χ1n) is 5.28. The third kappa shape index (κ3) is 4.03. The Balaban J connectivity index is 2.93. The third-order valence-electron chi connectivity index (χ3n) is 2.30. The highest BCUT2D eigenvalue weighted by molar-refractivity contribution is 7.99. The molecule has 0 aliphatic carbocycles. The molecule has 1 rings (SSSR count). The second-order valence-electron chi connectivity index (χ2n) is 3.96. The Morgan fingerprint density at radius 2 is 2.11 bits per heavy atom. The number of hydrogen-bond donors (Lipinski definition) is 1. The molecule has 0 fully saturated rings. The first-order valence-corrected chi connectivity index (χ1v) is 6.27. The Morgan fingerprint density at radius 1 is 1.44 bits per heavy atom. The van der Waals surface area contributed by atoms with Gasteiger partial charge >= 0.3 is 6.18 Å². The molecule has 0 aromatic heterocycles. The van der Waals surface area contributed by atoms with Gasteiger partial charge in [0.25, 0.3) is 0 Å². The van der Waals surface area contributed by atoms with Crippen molar-refractivity contribution in [1.82, 2.24) is 0 Å². The summed E-state index contributed by atoms with van der Waals surface area (Å²) < 4.78 is 38.0. The van der Waals surface area contributed by atoms with Crippen molar-refractivity contribution in [3.63, 3.8) is 0 Å². The summed E-state index contributed by atoms with van der Waals surface area (Å²) in [5.41, 5.74) is -1.28. The predicted octanol–water partition coefficient (Wildman–Crippen LogP) is 3.24. The molecule has 0 spiro atoms. The molecule has 0 aliphatic heterocycles. The van der Waals surface area contributed by atoms with Crippen molar-refractivity contribution in [2.24, 2.45) is 5.92 Å². The van der Waals surface area contributed by atoms with Gasteiger partial charge in [0.1, 0.15) is 0 Å². The Bertz CT molecular complexity index is 418. The quantitative estimate of drug-likeness (QED) is 0.663. The molecule has 1 aromatic rings. The van der Waals surface area contributed by atoms with E-state index in [4.69, 9.17) is 5.11 Å². The average molecular weight is 278 g/mol. The van der Waals surface area contributed by atoms with Crippen LogP contribution in [0.15, 0.2) is 23.1 Å². The van der Waals surface area contributed by atoms with Gasteiger partial charge in [-0.25, -0.2) is 0 Å². The molecule has 1 unspecified atom stereocenters. The fraction of sp³-hybridized carbons (Fsp3) is 0.417. The van der Waals surface area contributed by atoms with Gasteiger partial charge in [-0.1, -0.05) is 6.92 Å². The summed E-state index contributed by atoms with van der Waals surface area (Å²) in [5, 5.41) is 8.84. The number of carbonyl (C=O) groups excluding carboxylic acids is 1. The maximum Gasteiger partial charge on any atom is 0.417 e. The third-order valence-corrected chi connectivity index (χ3v) is 3.63. The lowest BCUT2D eigenvalue weighted by atomic mass is 10.1. The minimum Gasteiger partial charge on any atom is -0.396 e. The first-order chi connectivity index (χ1) is 8.38. The van der Waals surface area contributed by atoms with E-state index < -0.39 is 11.7 Å². The number of carbonyl (C=O) groups is 1. The molecule has 0 saturated carbocycles. The van der Waals surface area contributed by atoms with E-state index in [1.165, 1.54) is 23.9 Å². The second-order valence-corrected chi connectivity index (χ2v) is 5.06. The average Bonchev–Trinajstić information content (AvgIpc) is 2.34. The van der Waals surface area contributed by atoms with Crippen LogP contribution in [0.2, 0.25) is 0 Å². The Hall–Kier alpha value is -1.01. The molecule has 0 amide bonds. The van der Waals surface area contributed by atoms with Crippen LogP contribution in [-0.4, -0.2) is 23.8 Å². The number of aliphatic hydroxyl groups excluding tert-OH is 1. The van der Waals surface area contributed by atoms with Gasteiger partial charge in [0.05, 0.1) is 5.56 Å². The van der Waals surface area contributed by atoms with Crippen LogP contribution >= 0.6 is 11.8 Å². The van der Waals surface area contributed by atoms with Gasteiger partial charge in [0.2, 0.25) is 0 Å². The maximum atomic E-state index is 12.7. The van der Waals surface area contributed by atoms with Gasteiger partial charge in [-0.05, 0) is 24.1 Å². The van der Waals surface area contributed by atoms with Crippen LogP contribution in [0.5, 0.6) is 0 Å². The van der Waals surface area contributed by atoms with Crippen LogP contribution in [0, 0.1) is 5.92 Å². The highest BCUT2D eigenvalue weighted by atomic mass is 32.2. The molecule has 0 aliphatic rings. The zero-order valence-electron chi connectivity index (χ0n) is 9.70. The molecule has 0 heterocycles. The molecular formula is C12H13F3O2S. The number of aldehydes is 1. The lowest BCUT2D eigenvalue weighted by molar-refractivity contribution is -0.138. The Morgan fingerprint density at radius 3 is 2.61 bits per heavy atom. The molecule has 0 saturated heterocycles. The van der Waals surface area contributed by atoms with E-state index >= 15 is 0 Å². The number of alkyl halides is 3. The molecule has 100 valence electrons. The second kappa shape index (κ2) is 6.24. The van der Waals surface area contributed by atoms with Crippen molar-refractivity contribution in [3.8, 4) is 0 Å². The van der Waals surface area contributed by atoms with Crippen LogP contribution < -0.4 is 0 Å². The van der Waals surface area contributed by atoms with Crippen LogP contribution in [0.25, 0.3) is 0 Å². The van der Waals surface area contributed by atoms with Crippen molar-refractivity contribution < 1.29 is 23.1 Å². The molecule has 18 heavy (non-hydrogen) atoms. The summed E-state index contributed by atoms with van der Waals surface area (Å²) >= 11 is 1.23. The minimum atomic E-state index is -4.53. The van der Waals surface area contributed by atoms with E-state index in [0.29, 0.717) is 10.6 Å². The molecule has 6 heteroatoms. The predicted molar refractivity (Wildman–Crippen MR) is 63.8 cm³/mol. The fourth-order valence-electron chi connectivity index (χ4n) is 1.26. The molecule has 1 N–H and O–H groups in total. The van der Waals surface area contributed by atoms with Crippen molar-refractivity contribution in [1.29, 1.82) is 0 Å². The molecule has 2 nitrogen and oxygen atoms in total. The summed E-state index contributed by atoms with van der Waals surface area (Å²) in [4.78, 5) is 11.0. The molecular weight excluding hydrogens is 265 g/mol. The minimum absolute atomic E-state index is 0.00838. The van der Waals surface area contributed by atoms with Crippen LogP contribution in [0.3, 0.4) is 0 Å². The molecule has 0 bridgehead atoms. The maximum absolute atomic E-state index is 12.7. The van der Waals surface area contributed by atoms with Crippen LogP contribution in [0.1, 0.15) is 22.8 Å². The number of halogens is 3. The number of benzene rings is 1. The highest BCUT2D eigenvalue weighted by Crippen LogP contribution is 2.34. The van der Waals surface area contributed by atoms with Crippen LogP contribution in [0.4, 0.5) is 13.2 Å². The van der Waals surface area contributed by atoms with Gasteiger partial charge in [-0.3, -0.25) is 4.79 Å². The Kier molecular flexibility index (Phi) is 5.22. The summed E-state index contributed by atoms with van der Waals surface area (Å²) in [6.45, 7) is 1.79. The standard InChI is InChI=1S/C12H13F3O2S/c1-8(5-16)7-18-10-3-2-9(6-17)11(4-10)12(13,14)15/h2-4,6,8,16H,5,7H2,1H3. The van der Waals surface area contributed by atoms with E-state index in [0.717, 1.165) is 6.07 Å². The molecule has 1 aromatic carbocycles. The zero-order valence-corrected chi connectivity index (χ0v) is 10.5. The normalized spacial score (nSPS) is 13.4. The van der Waals surface area contributed by atoms with Crippen molar-refractivity contribution in [2.75, 3.05) is 12.4 Å². The lowest BCUT2D eigenvalue weighted by Crippen LogP contribution is -2.09. The molecule has 0 radical (unpaired) electrons. The first kappa shape index (κ1) is 15.0. The van der Waals surface area contributed by atoms with E-state index in [1.807, 2.05) is 0 Å². The van der Waals surface area contributed by atoms with Crippen molar-refractivity contribution >= 4 is 18.0 Å². The van der Waals surface area contributed by atoms with E-state index in [2.05, 4.69) is 0 Å². The smallest absolute Gasteiger partial charge is 0.396 e. The molecule has 1 atom stereocenters. The monoisotopic (exact) mass is 278 g/mol. The highest BCUT2D eigenvalue weighted by Gasteiger charge is 2.33. The summed E-state index contributed by atoms with van der Waals surface area (Å²) in [5.74, 6) is 0.531. The van der Waals surface area contributed by atoms with Crippen molar-refractivity contribution in [3.05, 3.63) is 29.3 Å². The zero-order chi connectivity index (χ0) is 13.8. The van der Waals surface area contributed by atoms with Gasteiger partial charge < -0.3 is 5.11 Å². The summed E-state index contributed by atoms with van der Waals surface area (Å²) in [7, 11) is 0. The lowest BCUT2D eigenvalue weighted by Gasteiger charge is -2.12. The van der Waals surface area contributed by atoms with Gasteiger partial charge in [0.15, 0.2) is 6.29 Å². The number of aliphatic hydroxyl groups is 1. The van der Waals surface area contributed by atoms with Gasteiger partial charge in [0, 0.05) is 22.8 Å². The van der Waals surface area contributed by atoms with E-state index in [9.17, 15) is 18.0 Å². The topological polar surface area (TPSA) is 37.3 Å². The summed E-state index contributed by atoms with van der Waals surface area (Å²) in [6.07, 6.45) is -4.33. The fourth-order valence-corrected chi connectivity index (χ4v) is 2.21. The summed E-state index contributed by atoms with van der Waals surface area (Å²) in [6, 6.07) is 3.62.